The van der Waals surface area contributed by atoms with Gasteiger partial charge in [0.1, 0.15) is 0 Å². The van der Waals surface area contributed by atoms with Crippen LogP contribution in [0.5, 0.6) is 0 Å². The average Bonchev–Trinajstić information content (AvgIpc) is 2.79. The number of nitrogens with one attached hydrogen (secondary N) is 2. The molecular formula is C21H42N4O6S. The molecule has 3 heterocycles. The molecule has 0 spiro atoms. The van der Waals surface area contributed by atoms with Gasteiger partial charge in [-0.15, -0.1) is 0 Å². The Balaban J connectivity index is 1.87. The SMILES string of the molecule is S=C1NCCOCCN2CCOCCOCCN(CCOCCN1)CCOCCOCC2. The predicted molar refractivity (Wildman–Crippen MR) is 126 cm³/mol. The van der Waals surface area contributed by atoms with Gasteiger partial charge in [0.15, 0.2) is 5.11 Å². The topological polar surface area (TPSA) is 85.9 Å². The van der Waals surface area contributed by atoms with Crippen molar-refractivity contribution in [3.05, 3.63) is 0 Å². The molecule has 2 N–H and O–H groups in total. The Morgan fingerprint density at radius 3 is 1.03 bits per heavy atom. The molecule has 0 aromatic carbocycles. The number of fused-ring (bicyclic) bond motifs is 26. The second-order valence-corrected chi connectivity index (χ2v) is 7.95. The molecule has 0 aromatic rings. The van der Waals surface area contributed by atoms with Crippen molar-refractivity contribution in [1.29, 1.82) is 0 Å². The van der Waals surface area contributed by atoms with Gasteiger partial charge in [0, 0.05) is 52.4 Å². The molecule has 188 valence electrons. The van der Waals surface area contributed by atoms with Gasteiger partial charge in [-0.2, -0.15) is 0 Å². The van der Waals surface area contributed by atoms with Crippen LogP contribution in [0.2, 0.25) is 0 Å². The Kier molecular flexibility index (Phi) is 17.1. The van der Waals surface area contributed by atoms with Crippen molar-refractivity contribution < 1.29 is 28.4 Å². The minimum atomic E-state index is 0.601. The fourth-order valence-corrected chi connectivity index (χ4v) is 3.42. The maximum absolute atomic E-state index is 5.76. The van der Waals surface area contributed by atoms with Crippen LogP contribution in [-0.2, 0) is 28.4 Å². The second kappa shape index (κ2) is 19.8. The molecule has 3 aliphatic heterocycles. The highest BCUT2D eigenvalue weighted by atomic mass is 32.1. The third-order valence-corrected chi connectivity index (χ3v) is 5.41. The largest absolute Gasteiger partial charge is 0.378 e. The number of rotatable bonds is 0. The lowest BCUT2D eigenvalue weighted by Crippen LogP contribution is -2.39. The van der Waals surface area contributed by atoms with Crippen LogP contribution >= 0.6 is 12.2 Å². The van der Waals surface area contributed by atoms with E-state index in [0.717, 1.165) is 39.3 Å². The van der Waals surface area contributed by atoms with E-state index < -0.39 is 0 Å². The van der Waals surface area contributed by atoms with E-state index in [1.54, 1.807) is 0 Å². The van der Waals surface area contributed by atoms with E-state index >= 15 is 0 Å². The summed E-state index contributed by atoms with van der Waals surface area (Å²) in [6.07, 6.45) is 0. The number of hydrogen-bond acceptors (Lipinski definition) is 9. The maximum atomic E-state index is 5.76. The third-order valence-electron chi connectivity index (χ3n) is 5.12. The maximum Gasteiger partial charge on any atom is 0.166 e. The Hall–Kier alpha value is -0.630. The molecule has 0 aromatic heterocycles. The Morgan fingerprint density at radius 2 is 0.719 bits per heavy atom. The summed E-state index contributed by atoms with van der Waals surface area (Å²) in [6.45, 7) is 13.9. The first-order valence-electron chi connectivity index (χ1n) is 11.8. The Bertz CT molecular complexity index is 408. The van der Waals surface area contributed by atoms with Crippen molar-refractivity contribution >= 4 is 17.3 Å². The molecule has 3 aliphatic rings. The number of nitrogens with zero attached hydrogens (tertiary/aromatic N) is 2. The minimum Gasteiger partial charge on any atom is -0.378 e. The lowest BCUT2D eigenvalue weighted by atomic mass is 10.4. The van der Waals surface area contributed by atoms with Crippen LogP contribution in [0.1, 0.15) is 0 Å². The van der Waals surface area contributed by atoms with Crippen molar-refractivity contribution in [2.75, 3.05) is 132 Å². The van der Waals surface area contributed by atoms with Gasteiger partial charge in [0.05, 0.1) is 79.3 Å². The monoisotopic (exact) mass is 478 g/mol. The molecule has 32 heavy (non-hydrogen) atoms. The standard InChI is InChI=1S/C21H42N4O6S/c32-21-22-1-9-26-11-3-24-5-13-28-17-19-30-15-7-25(4-12-27-10-2-23-21)8-16-31-20-18-29-14-6-24/h1-20H2,(H2,22,23,32). The van der Waals surface area contributed by atoms with Crippen molar-refractivity contribution in [3.8, 4) is 0 Å². The molecule has 11 heteroatoms. The Labute approximate surface area is 198 Å². The summed E-state index contributed by atoms with van der Waals surface area (Å²) < 4.78 is 34.6. The molecular weight excluding hydrogens is 436 g/mol. The first kappa shape index (κ1) is 27.6. The fraction of sp³-hybridized carbons (Fsp3) is 0.952. The molecule has 0 saturated carbocycles. The van der Waals surface area contributed by atoms with Crippen LogP contribution in [0.25, 0.3) is 0 Å². The molecule has 0 atom stereocenters. The van der Waals surface area contributed by atoms with Gasteiger partial charge in [-0.1, -0.05) is 0 Å². The molecule has 2 bridgehead atoms. The molecule has 0 aliphatic carbocycles. The quantitative estimate of drug-likeness (QED) is 0.429. The predicted octanol–water partition coefficient (Wildman–Crippen LogP) is -0.819. The molecule has 3 saturated heterocycles. The summed E-state index contributed by atoms with van der Waals surface area (Å²) in [7, 11) is 0. The normalized spacial score (nSPS) is 28.4. The lowest BCUT2D eigenvalue weighted by molar-refractivity contribution is 0.00124. The van der Waals surface area contributed by atoms with Crippen LogP contribution in [0.3, 0.4) is 0 Å². The van der Waals surface area contributed by atoms with Crippen LogP contribution in [-0.4, -0.2) is 147 Å². The van der Waals surface area contributed by atoms with E-state index in [-0.39, 0.29) is 0 Å². The van der Waals surface area contributed by atoms with Crippen molar-refractivity contribution in [2.24, 2.45) is 0 Å². The van der Waals surface area contributed by atoms with Crippen molar-refractivity contribution in [2.45, 2.75) is 0 Å². The van der Waals surface area contributed by atoms with Crippen molar-refractivity contribution in [3.63, 3.8) is 0 Å². The molecule has 0 unspecified atom stereocenters. The van der Waals surface area contributed by atoms with Gasteiger partial charge in [0.25, 0.3) is 0 Å². The van der Waals surface area contributed by atoms with E-state index in [4.69, 9.17) is 40.6 Å². The zero-order valence-corrected chi connectivity index (χ0v) is 20.2. The number of hydrogen-bond donors (Lipinski definition) is 2. The molecule has 0 radical (unpaired) electrons. The summed E-state index contributed by atoms with van der Waals surface area (Å²) in [5, 5.41) is 6.95. The summed E-state index contributed by atoms with van der Waals surface area (Å²) in [5.41, 5.74) is 0. The highest BCUT2D eigenvalue weighted by molar-refractivity contribution is 7.80. The zero-order chi connectivity index (χ0) is 22.5. The van der Waals surface area contributed by atoms with E-state index in [9.17, 15) is 0 Å². The fourth-order valence-electron chi connectivity index (χ4n) is 3.22. The lowest BCUT2D eigenvalue weighted by Gasteiger charge is -2.23. The van der Waals surface area contributed by atoms with E-state index in [1.807, 2.05) is 0 Å². The summed E-state index contributed by atoms with van der Waals surface area (Å²) >= 11 is 5.29. The molecule has 3 rings (SSSR count). The van der Waals surface area contributed by atoms with Gasteiger partial charge in [-0.3, -0.25) is 9.80 Å². The van der Waals surface area contributed by atoms with Gasteiger partial charge in [-0.25, -0.2) is 0 Å². The van der Waals surface area contributed by atoms with Crippen LogP contribution in [0, 0.1) is 0 Å². The minimum absolute atomic E-state index is 0.601. The van der Waals surface area contributed by atoms with Crippen molar-refractivity contribution in [1.82, 2.24) is 20.4 Å². The van der Waals surface area contributed by atoms with E-state index in [0.29, 0.717) is 97.5 Å². The second-order valence-electron chi connectivity index (χ2n) is 7.54. The smallest absolute Gasteiger partial charge is 0.166 e. The van der Waals surface area contributed by atoms with E-state index in [2.05, 4.69) is 20.4 Å². The first-order valence-corrected chi connectivity index (χ1v) is 12.2. The highest BCUT2D eigenvalue weighted by Gasteiger charge is 2.08. The number of ether oxygens (including phenoxy) is 6. The van der Waals surface area contributed by atoms with E-state index in [1.165, 1.54) is 0 Å². The highest BCUT2D eigenvalue weighted by Crippen LogP contribution is 1.95. The van der Waals surface area contributed by atoms with Gasteiger partial charge < -0.3 is 39.1 Å². The zero-order valence-electron chi connectivity index (χ0n) is 19.4. The van der Waals surface area contributed by atoms with Crippen LogP contribution < -0.4 is 10.6 Å². The van der Waals surface area contributed by atoms with Crippen LogP contribution in [0.4, 0.5) is 0 Å². The third kappa shape index (κ3) is 15.3. The van der Waals surface area contributed by atoms with Gasteiger partial charge in [-0.05, 0) is 12.2 Å². The first-order chi connectivity index (χ1) is 15.8. The van der Waals surface area contributed by atoms with Gasteiger partial charge in [0.2, 0.25) is 0 Å². The Morgan fingerprint density at radius 1 is 0.438 bits per heavy atom. The summed E-state index contributed by atoms with van der Waals surface area (Å²) in [4.78, 5) is 4.61. The molecule has 10 nitrogen and oxygen atoms in total. The molecule has 3 fully saturated rings. The summed E-state index contributed by atoms with van der Waals surface area (Å²) in [5.74, 6) is 0. The average molecular weight is 479 g/mol. The number of thiocarbonyl (C=S) groups is 1. The summed E-state index contributed by atoms with van der Waals surface area (Å²) in [6, 6.07) is 0. The van der Waals surface area contributed by atoms with Crippen LogP contribution in [0.15, 0.2) is 0 Å². The van der Waals surface area contributed by atoms with Gasteiger partial charge >= 0.3 is 0 Å². The molecule has 0 amide bonds.